The molecule has 0 radical (unpaired) electrons. The molecular formula is C22H34N6O. The summed E-state index contributed by atoms with van der Waals surface area (Å²) in [5, 5.41) is 6.90. The van der Waals surface area contributed by atoms with Crippen molar-refractivity contribution in [2.75, 3.05) is 24.5 Å². The Morgan fingerprint density at radius 3 is 2.55 bits per heavy atom. The van der Waals surface area contributed by atoms with E-state index in [1.54, 1.807) is 6.20 Å². The minimum Gasteiger partial charge on any atom is -0.443 e. The maximum absolute atomic E-state index is 5.85. The van der Waals surface area contributed by atoms with Gasteiger partial charge in [0.25, 0.3) is 0 Å². The molecule has 0 saturated carbocycles. The third-order valence-electron chi connectivity index (χ3n) is 5.06. The number of hydrogen-bond acceptors (Lipinski definition) is 5. The third-order valence-corrected chi connectivity index (χ3v) is 5.06. The molecule has 2 aromatic heterocycles. The number of nitrogens with zero attached hydrogens (tertiary/aromatic N) is 4. The molecule has 1 aliphatic rings. The standard InChI is InChI=1S/C22H34N6O/c1-6-23-21(26-15-20-25-14-18(29-20)22(3,4)5)27-17-9-11-28(12-10-17)19-8-7-16(2)13-24-19/h7-8,13-14,17H,6,9-12,15H2,1-5H3,(H2,23,26,27). The molecule has 29 heavy (non-hydrogen) atoms. The summed E-state index contributed by atoms with van der Waals surface area (Å²) in [5.41, 5.74) is 1.15. The molecule has 0 unspecified atom stereocenters. The number of aliphatic imine (C=N–C) groups is 1. The SMILES string of the molecule is CCNC(=NCc1ncc(C(C)(C)C)o1)NC1CCN(c2ccc(C)cn2)CC1. The number of pyridine rings is 1. The highest BCUT2D eigenvalue weighted by Gasteiger charge is 2.21. The molecule has 0 aliphatic carbocycles. The smallest absolute Gasteiger partial charge is 0.216 e. The Bertz CT molecular complexity index is 797. The van der Waals surface area contributed by atoms with Crippen LogP contribution in [0.25, 0.3) is 0 Å². The number of piperidine rings is 1. The second-order valence-corrected chi connectivity index (χ2v) is 8.66. The van der Waals surface area contributed by atoms with E-state index < -0.39 is 0 Å². The van der Waals surface area contributed by atoms with Crippen molar-refractivity contribution in [2.45, 2.75) is 65.5 Å². The van der Waals surface area contributed by atoms with Crippen LogP contribution in [0.2, 0.25) is 0 Å². The Kier molecular flexibility index (Phi) is 6.77. The fourth-order valence-corrected chi connectivity index (χ4v) is 3.29. The summed E-state index contributed by atoms with van der Waals surface area (Å²) in [5.74, 6) is 3.41. The number of rotatable bonds is 5. The normalized spacial score (nSPS) is 16.2. The number of aromatic nitrogens is 2. The summed E-state index contributed by atoms with van der Waals surface area (Å²) in [7, 11) is 0. The topological polar surface area (TPSA) is 78.6 Å². The van der Waals surface area contributed by atoms with E-state index in [9.17, 15) is 0 Å². The molecule has 3 rings (SSSR count). The first kappa shape index (κ1) is 21.1. The van der Waals surface area contributed by atoms with Crippen molar-refractivity contribution in [3.8, 4) is 0 Å². The Labute approximate surface area is 174 Å². The van der Waals surface area contributed by atoms with E-state index in [1.165, 1.54) is 5.56 Å². The van der Waals surface area contributed by atoms with Gasteiger partial charge in [-0.3, -0.25) is 0 Å². The zero-order valence-electron chi connectivity index (χ0n) is 18.3. The van der Waals surface area contributed by atoms with Gasteiger partial charge in [-0.05, 0) is 38.3 Å². The lowest BCUT2D eigenvalue weighted by molar-refractivity contribution is 0.383. The van der Waals surface area contributed by atoms with Gasteiger partial charge in [-0.1, -0.05) is 26.8 Å². The molecule has 0 bridgehead atoms. The predicted molar refractivity (Wildman–Crippen MR) is 117 cm³/mol. The molecule has 3 heterocycles. The van der Waals surface area contributed by atoms with E-state index in [4.69, 9.17) is 4.42 Å². The van der Waals surface area contributed by atoms with E-state index in [0.29, 0.717) is 18.5 Å². The highest BCUT2D eigenvalue weighted by atomic mass is 16.4. The summed E-state index contributed by atoms with van der Waals surface area (Å²) in [4.78, 5) is 15.9. The van der Waals surface area contributed by atoms with Crippen LogP contribution in [0.4, 0.5) is 5.82 Å². The first-order chi connectivity index (χ1) is 13.8. The van der Waals surface area contributed by atoms with Crippen LogP contribution < -0.4 is 15.5 Å². The Morgan fingerprint density at radius 2 is 1.97 bits per heavy atom. The van der Waals surface area contributed by atoms with E-state index in [1.807, 2.05) is 6.20 Å². The monoisotopic (exact) mass is 398 g/mol. The van der Waals surface area contributed by atoms with Crippen molar-refractivity contribution in [3.05, 3.63) is 41.7 Å². The summed E-state index contributed by atoms with van der Waals surface area (Å²) < 4.78 is 5.85. The van der Waals surface area contributed by atoms with Gasteiger partial charge in [0.1, 0.15) is 18.1 Å². The van der Waals surface area contributed by atoms with Gasteiger partial charge < -0.3 is 20.0 Å². The fraction of sp³-hybridized carbons (Fsp3) is 0.591. The summed E-state index contributed by atoms with van der Waals surface area (Å²) >= 11 is 0. The molecule has 1 aliphatic heterocycles. The third kappa shape index (κ3) is 5.95. The van der Waals surface area contributed by atoms with Crippen molar-refractivity contribution >= 4 is 11.8 Å². The van der Waals surface area contributed by atoms with E-state index in [0.717, 1.165) is 50.0 Å². The van der Waals surface area contributed by atoms with Gasteiger partial charge >= 0.3 is 0 Å². The maximum atomic E-state index is 5.85. The number of aryl methyl sites for hydroxylation is 1. The second kappa shape index (κ2) is 9.29. The molecular weight excluding hydrogens is 364 g/mol. The highest BCUT2D eigenvalue weighted by molar-refractivity contribution is 5.80. The predicted octanol–water partition coefficient (Wildman–Crippen LogP) is 3.40. The van der Waals surface area contributed by atoms with Crippen molar-refractivity contribution in [3.63, 3.8) is 0 Å². The van der Waals surface area contributed by atoms with Crippen LogP contribution in [0.5, 0.6) is 0 Å². The average molecular weight is 399 g/mol. The van der Waals surface area contributed by atoms with Gasteiger partial charge in [-0.25, -0.2) is 15.0 Å². The van der Waals surface area contributed by atoms with Crippen LogP contribution in [0.1, 0.15) is 57.8 Å². The van der Waals surface area contributed by atoms with Crippen molar-refractivity contribution < 1.29 is 4.42 Å². The van der Waals surface area contributed by atoms with E-state index >= 15 is 0 Å². The number of guanidine groups is 1. The fourth-order valence-electron chi connectivity index (χ4n) is 3.29. The van der Waals surface area contributed by atoms with Crippen molar-refractivity contribution in [2.24, 2.45) is 4.99 Å². The van der Waals surface area contributed by atoms with E-state index in [-0.39, 0.29) is 5.41 Å². The van der Waals surface area contributed by atoms with Crippen molar-refractivity contribution in [1.82, 2.24) is 20.6 Å². The Morgan fingerprint density at radius 1 is 1.21 bits per heavy atom. The summed E-state index contributed by atoms with van der Waals surface area (Å²) in [6, 6.07) is 4.62. The van der Waals surface area contributed by atoms with Gasteiger partial charge in [0.15, 0.2) is 5.96 Å². The highest BCUT2D eigenvalue weighted by Crippen LogP contribution is 2.23. The van der Waals surface area contributed by atoms with Crippen LogP contribution in [-0.2, 0) is 12.0 Å². The number of hydrogen-bond donors (Lipinski definition) is 2. The molecule has 0 amide bonds. The molecule has 7 heteroatoms. The summed E-state index contributed by atoms with van der Waals surface area (Å²) in [6.45, 7) is 13.7. The van der Waals surface area contributed by atoms with Crippen LogP contribution in [0.3, 0.4) is 0 Å². The first-order valence-corrected chi connectivity index (χ1v) is 10.5. The molecule has 1 fully saturated rings. The number of anilines is 1. The molecule has 2 N–H and O–H groups in total. The molecule has 1 saturated heterocycles. The first-order valence-electron chi connectivity index (χ1n) is 10.5. The zero-order valence-corrected chi connectivity index (χ0v) is 18.3. The quantitative estimate of drug-likeness (QED) is 0.594. The van der Waals surface area contributed by atoms with Gasteiger partial charge in [-0.15, -0.1) is 0 Å². The lowest BCUT2D eigenvalue weighted by atomic mass is 9.94. The largest absolute Gasteiger partial charge is 0.443 e. The minimum absolute atomic E-state index is 0.0437. The van der Waals surface area contributed by atoms with Crippen LogP contribution in [0, 0.1) is 6.92 Å². The molecule has 0 atom stereocenters. The average Bonchev–Trinajstić information content (AvgIpc) is 3.17. The van der Waals surface area contributed by atoms with Gasteiger partial charge in [0.05, 0.1) is 6.20 Å². The Hall–Kier alpha value is -2.57. The van der Waals surface area contributed by atoms with E-state index in [2.05, 4.69) is 77.2 Å². The Balaban J connectivity index is 1.54. The second-order valence-electron chi connectivity index (χ2n) is 8.66. The van der Waals surface area contributed by atoms with Gasteiger partial charge in [-0.2, -0.15) is 0 Å². The zero-order chi connectivity index (χ0) is 20.9. The summed E-state index contributed by atoms with van der Waals surface area (Å²) in [6.07, 6.45) is 5.84. The van der Waals surface area contributed by atoms with Crippen LogP contribution in [0.15, 0.2) is 33.9 Å². The molecule has 0 spiro atoms. The molecule has 158 valence electrons. The lowest BCUT2D eigenvalue weighted by Crippen LogP contribution is -2.48. The molecule has 0 aromatic carbocycles. The van der Waals surface area contributed by atoms with Gasteiger partial charge in [0.2, 0.25) is 5.89 Å². The van der Waals surface area contributed by atoms with Crippen molar-refractivity contribution in [1.29, 1.82) is 0 Å². The number of nitrogens with one attached hydrogen (secondary N) is 2. The lowest BCUT2D eigenvalue weighted by Gasteiger charge is -2.33. The van der Waals surface area contributed by atoms with Crippen LogP contribution in [-0.4, -0.2) is 41.6 Å². The minimum atomic E-state index is -0.0437. The number of oxazole rings is 1. The van der Waals surface area contributed by atoms with Crippen LogP contribution >= 0.6 is 0 Å². The maximum Gasteiger partial charge on any atom is 0.216 e. The molecule has 7 nitrogen and oxygen atoms in total. The van der Waals surface area contributed by atoms with Gasteiger partial charge in [0, 0.05) is 37.3 Å². The molecule has 2 aromatic rings.